The molecule has 1 N–H and O–H groups in total. The van der Waals surface area contributed by atoms with Crippen molar-refractivity contribution >= 4 is 33.3 Å². The number of aryl methyl sites for hydroxylation is 2. The Morgan fingerprint density at radius 2 is 1.84 bits per heavy atom. The Bertz CT molecular complexity index is 760. The maximum absolute atomic E-state index is 12.6. The number of carbonyl (C=O) groups excluding carboxylic acids is 1. The van der Waals surface area contributed by atoms with Crippen LogP contribution < -0.4 is 10.2 Å². The highest BCUT2D eigenvalue weighted by molar-refractivity contribution is 9.10. The summed E-state index contributed by atoms with van der Waals surface area (Å²) in [7, 11) is 0. The third-order valence-corrected chi connectivity index (χ3v) is 5.20. The lowest BCUT2D eigenvalue weighted by atomic mass is 10.1. The zero-order valence-electron chi connectivity index (χ0n) is 14.9. The molecule has 1 atom stereocenters. The first kappa shape index (κ1) is 17.8. The van der Waals surface area contributed by atoms with Crippen LogP contribution in [0.1, 0.15) is 18.1 Å². The molecule has 1 saturated heterocycles. The van der Waals surface area contributed by atoms with E-state index in [0.29, 0.717) is 0 Å². The summed E-state index contributed by atoms with van der Waals surface area (Å²) in [5.74, 6) is 0. The number of rotatable bonds is 2. The summed E-state index contributed by atoms with van der Waals surface area (Å²) in [6.07, 6.45) is 0. The molecule has 2 aromatic rings. The van der Waals surface area contributed by atoms with Gasteiger partial charge in [0.15, 0.2) is 0 Å². The van der Waals surface area contributed by atoms with E-state index in [0.717, 1.165) is 35.4 Å². The Labute approximate surface area is 158 Å². The predicted molar refractivity (Wildman–Crippen MR) is 107 cm³/mol. The van der Waals surface area contributed by atoms with Crippen LogP contribution in [0.15, 0.2) is 46.9 Å². The minimum atomic E-state index is -0.0270. The topological polar surface area (TPSA) is 35.6 Å². The van der Waals surface area contributed by atoms with Crippen molar-refractivity contribution in [3.05, 3.63) is 58.1 Å². The van der Waals surface area contributed by atoms with Gasteiger partial charge in [-0.05, 0) is 56.7 Å². The van der Waals surface area contributed by atoms with Crippen LogP contribution in [0, 0.1) is 13.8 Å². The van der Waals surface area contributed by atoms with E-state index in [1.807, 2.05) is 30.0 Å². The quantitative estimate of drug-likeness (QED) is 0.783. The molecule has 0 spiro atoms. The molecule has 0 aliphatic carbocycles. The van der Waals surface area contributed by atoms with E-state index in [4.69, 9.17) is 0 Å². The van der Waals surface area contributed by atoms with Gasteiger partial charge < -0.3 is 15.1 Å². The number of hydrogen-bond acceptors (Lipinski definition) is 2. The molecule has 1 aliphatic heterocycles. The number of nitrogens with zero attached hydrogens (tertiary/aromatic N) is 2. The Morgan fingerprint density at radius 1 is 1.12 bits per heavy atom. The number of hydrogen-bond donors (Lipinski definition) is 1. The summed E-state index contributed by atoms with van der Waals surface area (Å²) >= 11 is 3.45. The second kappa shape index (κ2) is 7.48. The highest BCUT2D eigenvalue weighted by Gasteiger charge is 2.27. The molecule has 25 heavy (non-hydrogen) atoms. The van der Waals surface area contributed by atoms with Crippen molar-refractivity contribution in [2.75, 3.05) is 29.9 Å². The number of benzene rings is 2. The first-order chi connectivity index (χ1) is 11.9. The minimum Gasteiger partial charge on any atom is -0.365 e. The number of carbonyl (C=O) groups is 1. The molecule has 1 unspecified atom stereocenters. The highest BCUT2D eigenvalue weighted by Crippen LogP contribution is 2.23. The van der Waals surface area contributed by atoms with Gasteiger partial charge in [-0.15, -0.1) is 0 Å². The molecule has 0 saturated carbocycles. The van der Waals surface area contributed by atoms with E-state index < -0.39 is 0 Å². The van der Waals surface area contributed by atoms with Crippen LogP contribution >= 0.6 is 15.9 Å². The van der Waals surface area contributed by atoms with E-state index in [1.54, 1.807) is 0 Å². The number of amides is 2. The summed E-state index contributed by atoms with van der Waals surface area (Å²) in [6.45, 7) is 8.55. The Morgan fingerprint density at radius 3 is 2.48 bits per heavy atom. The Balaban J connectivity index is 1.64. The molecule has 0 aromatic heterocycles. The Kier molecular flexibility index (Phi) is 5.33. The van der Waals surface area contributed by atoms with Crippen molar-refractivity contribution in [1.82, 2.24) is 4.90 Å². The van der Waals surface area contributed by atoms with Crippen molar-refractivity contribution in [2.24, 2.45) is 0 Å². The highest BCUT2D eigenvalue weighted by atomic mass is 79.9. The first-order valence-electron chi connectivity index (χ1n) is 8.59. The van der Waals surface area contributed by atoms with Crippen LogP contribution in [0.25, 0.3) is 0 Å². The number of urea groups is 1. The number of piperazine rings is 1. The smallest absolute Gasteiger partial charge is 0.321 e. The van der Waals surface area contributed by atoms with Gasteiger partial charge in [0, 0.05) is 41.5 Å². The number of nitrogens with one attached hydrogen (secondary N) is 1. The molecule has 4 nitrogen and oxygen atoms in total. The molecule has 1 aliphatic rings. The number of anilines is 2. The second-order valence-corrected chi connectivity index (χ2v) is 7.63. The van der Waals surface area contributed by atoms with E-state index in [1.165, 1.54) is 11.3 Å². The van der Waals surface area contributed by atoms with Gasteiger partial charge in [0.25, 0.3) is 0 Å². The van der Waals surface area contributed by atoms with E-state index in [-0.39, 0.29) is 12.1 Å². The van der Waals surface area contributed by atoms with E-state index in [2.05, 4.69) is 64.3 Å². The van der Waals surface area contributed by atoms with Crippen molar-refractivity contribution in [3.63, 3.8) is 0 Å². The molecule has 1 heterocycles. The fourth-order valence-electron chi connectivity index (χ4n) is 3.22. The molecule has 1 fully saturated rings. The lowest BCUT2D eigenvalue weighted by Gasteiger charge is -2.41. The Hall–Kier alpha value is -2.01. The van der Waals surface area contributed by atoms with Crippen LogP contribution in [0.5, 0.6) is 0 Å². The summed E-state index contributed by atoms with van der Waals surface area (Å²) in [6, 6.07) is 14.7. The van der Waals surface area contributed by atoms with Crippen molar-refractivity contribution < 1.29 is 4.79 Å². The molecule has 132 valence electrons. The second-order valence-electron chi connectivity index (χ2n) is 6.71. The lowest BCUT2D eigenvalue weighted by molar-refractivity contribution is 0.200. The van der Waals surface area contributed by atoms with E-state index in [9.17, 15) is 4.79 Å². The van der Waals surface area contributed by atoms with Gasteiger partial charge in [-0.2, -0.15) is 0 Å². The van der Waals surface area contributed by atoms with Gasteiger partial charge >= 0.3 is 6.03 Å². The molecular weight excluding hydrogens is 378 g/mol. The van der Waals surface area contributed by atoms with Gasteiger partial charge in [0.05, 0.1) is 0 Å². The average molecular weight is 402 g/mol. The molecular formula is C20H24BrN3O. The van der Waals surface area contributed by atoms with Gasteiger partial charge in [-0.1, -0.05) is 33.6 Å². The van der Waals surface area contributed by atoms with Crippen LogP contribution in [0.4, 0.5) is 16.2 Å². The predicted octanol–water partition coefficient (Wildman–Crippen LogP) is 4.81. The van der Waals surface area contributed by atoms with Crippen LogP contribution in [0.2, 0.25) is 0 Å². The molecule has 2 amide bonds. The van der Waals surface area contributed by atoms with Crippen molar-refractivity contribution in [2.45, 2.75) is 26.8 Å². The van der Waals surface area contributed by atoms with Gasteiger partial charge in [-0.3, -0.25) is 0 Å². The minimum absolute atomic E-state index is 0.0270. The normalized spacial score (nSPS) is 17.5. The lowest BCUT2D eigenvalue weighted by Crippen LogP contribution is -2.54. The summed E-state index contributed by atoms with van der Waals surface area (Å²) in [4.78, 5) is 16.9. The third kappa shape index (κ3) is 4.15. The fraction of sp³-hybridized carbons (Fsp3) is 0.350. The van der Waals surface area contributed by atoms with Crippen LogP contribution in [-0.4, -0.2) is 36.6 Å². The average Bonchev–Trinajstić information content (AvgIpc) is 2.58. The summed E-state index contributed by atoms with van der Waals surface area (Å²) in [5.41, 5.74) is 4.40. The molecule has 0 radical (unpaired) electrons. The zero-order chi connectivity index (χ0) is 18.0. The summed E-state index contributed by atoms with van der Waals surface area (Å²) < 4.78 is 1.02. The maximum atomic E-state index is 12.6. The molecule has 2 aromatic carbocycles. The standard InChI is InChI=1S/C20H24BrN3O/c1-14-4-7-18(8-5-14)24-11-10-23(13-16(24)3)20(25)22-19-9-6-17(21)12-15(19)2/h4-9,12,16H,10-11,13H2,1-3H3,(H,22,25). The monoisotopic (exact) mass is 401 g/mol. The molecule has 0 bridgehead atoms. The SMILES string of the molecule is Cc1ccc(N2CCN(C(=O)Nc3ccc(Br)cc3C)CC2C)cc1. The van der Waals surface area contributed by atoms with Crippen LogP contribution in [0.3, 0.4) is 0 Å². The number of halogens is 1. The first-order valence-corrected chi connectivity index (χ1v) is 9.39. The van der Waals surface area contributed by atoms with Crippen molar-refractivity contribution in [1.29, 1.82) is 0 Å². The van der Waals surface area contributed by atoms with Gasteiger partial charge in [-0.25, -0.2) is 4.79 Å². The summed E-state index contributed by atoms with van der Waals surface area (Å²) in [5, 5.41) is 3.04. The van der Waals surface area contributed by atoms with Gasteiger partial charge in [0.2, 0.25) is 0 Å². The van der Waals surface area contributed by atoms with Crippen LogP contribution in [-0.2, 0) is 0 Å². The third-order valence-electron chi connectivity index (χ3n) is 4.71. The molecule has 3 rings (SSSR count). The molecule has 5 heteroatoms. The fourth-order valence-corrected chi connectivity index (χ4v) is 3.70. The van der Waals surface area contributed by atoms with Crippen molar-refractivity contribution in [3.8, 4) is 0 Å². The van der Waals surface area contributed by atoms with Gasteiger partial charge in [0.1, 0.15) is 0 Å². The van der Waals surface area contributed by atoms with E-state index >= 15 is 0 Å². The zero-order valence-corrected chi connectivity index (χ0v) is 16.5. The maximum Gasteiger partial charge on any atom is 0.321 e. The largest absolute Gasteiger partial charge is 0.365 e.